The van der Waals surface area contributed by atoms with Gasteiger partial charge in [-0.2, -0.15) is 0 Å². The Bertz CT molecular complexity index is 550. The van der Waals surface area contributed by atoms with Crippen LogP contribution >= 0.6 is 0 Å². The van der Waals surface area contributed by atoms with Crippen molar-refractivity contribution in [2.45, 2.75) is 25.0 Å². The van der Waals surface area contributed by atoms with Crippen LogP contribution in [0.3, 0.4) is 0 Å². The molecule has 1 aliphatic rings. The van der Waals surface area contributed by atoms with Gasteiger partial charge in [0.25, 0.3) is 0 Å². The lowest BCUT2D eigenvalue weighted by atomic mass is 10.1. The zero-order valence-corrected chi connectivity index (χ0v) is 12.1. The van der Waals surface area contributed by atoms with E-state index in [0.717, 1.165) is 13.0 Å². The first-order valence-corrected chi connectivity index (χ1v) is 7.21. The predicted octanol–water partition coefficient (Wildman–Crippen LogP) is 2.66. The number of hydrogen-bond acceptors (Lipinski definition) is 3. The lowest BCUT2D eigenvalue weighted by molar-refractivity contribution is -0.141. The van der Waals surface area contributed by atoms with Crippen LogP contribution in [-0.2, 0) is 22.5 Å². The van der Waals surface area contributed by atoms with Crippen molar-refractivity contribution in [3.8, 4) is 0 Å². The van der Waals surface area contributed by atoms with Gasteiger partial charge >= 0.3 is 5.97 Å². The first-order chi connectivity index (χ1) is 10.3. The molecule has 3 atom stereocenters. The highest BCUT2D eigenvalue weighted by Crippen LogP contribution is 2.34. The fraction of sp³-hybridized carbons (Fsp3) is 0.278. The largest absolute Gasteiger partial charge is 0.468 e. The maximum Gasteiger partial charge on any atom is 0.324 e. The van der Waals surface area contributed by atoms with Gasteiger partial charge in [0.15, 0.2) is 0 Å². The summed E-state index contributed by atoms with van der Waals surface area (Å²) in [5.41, 5.74) is 2.48. The third kappa shape index (κ3) is 3.14. The Hall–Kier alpha value is -2.13. The molecule has 1 saturated heterocycles. The number of carbonyl (C=O) groups is 1. The topological polar surface area (TPSA) is 29.3 Å². The molecule has 1 heterocycles. The van der Waals surface area contributed by atoms with Crippen molar-refractivity contribution in [1.29, 1.82) is 0 Å². The Morgan fingerprint density at radius 1 is 1.00 bits per heavy atom. The fourth-order valence-corrected chi connectivity index (χ4v) is 2.84. The second-order valence-electron chi connectivity index (χ2n) is 5.38. The van der Waals surface area contributed by atoms with Gasteiger partial charge in [0.2, 0.25) is 0 Å². The molecule has 0 amide bonds. The highest BCUT2D eigenvalue weighted by molar-refractivity contribution is 5.80. The number of esters is 1. The minimum Gasteiger partial charge on any atom is -0.468 e. The SMILES string of the molecule is COC(=O)C1C(Cc2ccccc2)N1Cc1ccccc1. The quantitative estimate of drug-likeness (QED) is 0.623. The van der Waals surface area contributed by atoms with E-state index in [1.807, 2.05) is 36.4 Å². The maximum atomic E-state index is 11.9. The Morgan fingerprint density at radius 2 is 1.57 bits per heavy atom. The third-order valence-corrected chi connectivity index (χ3v) is 4.00. The van der Waals surface area contributed by atoms with Gasteiger partial charge in [-0.15, -0.1) is 0 Å². The van der Waals surface area contributed by atoms with Crippen LogP contribution in [0.4, 0.5) is 0 Å². The number of carbonyl (C=O) groups excluding carboxylic acids is 1. The second kappa shape index (κ2) is 6.10. The molecule has 2 aromatic carbocycles. The highest BCUT2D eigenvalue weighted by Gasteiger charge is 2.52. The second-order valence-corrected chi connectivity index (χ2v) is 5.38. The number of benzene rings is 2. The van der Waals surface area contributed by atoms with Gasteiger partial charge in [0, 0.05) is 12.6 Å². The van der Waals surface area contributed by atoms with E-state index in [2.05, 4.69) is 29.2 Å². The summed E-state index contributed by atoms with van der Waals surface area (Å²) in [6, 6.07) is 20.6. The Labute approximate surface area is 125 Å². The van der Waals surface area contributed by atoms with Crippen LogP contribution in [0.2, 0.25) is 0 Å². The lowest BCUT2D eigenvalue weighted by Gasteiger charge is -2.04. The summed E-state index contributed by atoms with van der Waals surface area (Å²) < 4.78 is 4.93. The molecule has 3 rings (SSSR count). The summed E-state index contributed by atoms with van der Waals surface area (Å²) in [4.78, 5) is 14.1. The molecule has 3 unspecified atom stereocenters. The third-order valence-electron chi connectivity index (χ3n) is 4.00. The average molecular weight is 281 g/mol. The van der Waals surface area contributed by atoms with Crippen LogP contribution in [0.1, 0.15) is 11.1 Å². The van der Waals surface area contributed by atoms with Gasteiger partial charge in [0.1, 0.15) is 6.04 Å². The smallest absolute Gasteiger partial charge is 0.324 e. The van der Waals surface area contributed by atoms with E-state index in [0.29, 0.717) is 0 Å². The number of hydrogen-bond donors (Lipinski definition) is 0. The normalized spacial score (nSPS) is 23.6. The van der Waals surface area contributed by atoms with Crippen molar-refractivity contribution in [3.05, 3.63) is 71.8 Å². The lowest BCUT2D eigenvalue weighted by Crippen LogP contribution is -2.14. The van der Waals surface area contributed by atoms with Gasteiger partial charge in [-0.3, -0.25) is 9.69 Å². The van der Waals surface area contributed by atoms with Gasteiger partial charge in [-0.1, -0.05) is 60.7 Å². The number of methoxy groups -OCH3 is 1. The summed E-state index contributed by atoms with van der Waals surface area (Å²) in [7, 11) is 1.46. The fourth-order valence-electron chi connectivity index (χ4n) is 2.84. The van der Waals surface area contributed by atoms with Crippen LogP contribution < -0.4 is 0 Å². The molecular weight excluding hydrogens is 262 g/mol. The number of nitrogens with zero attached hydrogens (tertiary/aromatic N) is 1. The van der Waals surface area contributed by atoms with E-state index >= 15 is 0 Å². The van der Waals surface area contributed by atoms with E-state index in [1.54, 1.807) is 0 Å². The first kappa shape index (κ1) is 13.8. The van der Waals surface area contributed by atoms with Crippen LogP contribution in [0.25, 0.3) is 0 Å². The standard InChI is InChI=1S/C18H19NO2/c1-21-18(20)17-16(12-14-8-4-2-5-9-14)19(17)13-15-10-6-3-7-11-15/h2-11,16-17H,12-13H2,1H3. The molecule has 0 saturated carbocycles. The Kier molecular flexibility index (Phi) is 4.02. The van der Waals surface area contributed by atoms with E-state index < -0.39 is 0 Å². The Morgan fingerprint density at radius 3 is 2.14 bits per heavy atom. The molecule has 3 heteroatoms. The van der Waals surface area contributed by atoms with E-state index in [4.69, 9.17) is 4.74 Å². The molecule has 1 aliphatic heterocycles. The number of ether oxygens (including phenoxy) is 1. The molecule has 0 bridgehead atoms. The minimum atomic E-state index is -0.133. The van der Waals surface area contributed by atoms with Gasteiger partial charge in [0.05, 0.1) is 7.11 Å². The van der Waals surface area contributed by atoms with Gasteiger partial charge in [-0.25, -0.2) is 0 Å². The molecule has 2 aromatic rings. The first-order valence-electron chi connectivity index (χ1n) is 7.21. The summed E-state index contributed by atoms with van der Waals surface area (Å²) in [6.45, 7) is 0.790. The maximum absolute atomic E-state index is 11.9. The highest BCUT2D eigenvalue weighted by atomic mass is 16.5. The average Bonchev–Trinajstić information content (AvgIpc) is 3.20. The molecular formula is C18H19NO2. The zero-order chi connectivity index (χ0) is 14.7. The minimum absolute atomic E-state index is 0.115. The molecule has 0 radical (unpaired) electrons. The predicted molar refractivity (Wildman–Crippen MR) is 81.7 cm³/mol. The molecule has 1 fully saturated rings. The monoisotopic (exact) mass is 281 g/mol. The van der Waals surface area contributed by atoms with E-state index in [1.165, 1.54) is 18.2 Å². The van der Waals surface area contributed by atoms with Crippen molar-refractivity contribution >= 4 is 5.97 Å². The van der Waals surface area contributed by atoms with Crippen molar-refractivity contribution in [2.75, 3.05) is 7.11 Å². The van der Waals surface area contributed by atoms with E-state index in [9.17, 15) is 4.79 Å². The Balaban J connectivity index is 1.70. The molecule has 108 valence electrons. The van der Waals surface area contributed by atoms with Crippen LogP contribution in [-0.4, -0.2) is 30.1 Å². The molecule has 21 heavy (non-hydrogen) atoms. The van der Waals surface area contributed by atoms with Crippen molar-refractivity contribution in [2.24, 2.45) is 0 Å². The van der Waals surface area contributed by atoms with Crippen LogP contribution in [0, 0.1) is 0 Å². The van der Waals surface area contributed by atoms with Crippen molar-refractivity contribution in [1.82, 2.24) is 4.90 Å². The molecule has 0 N–H and O–H groups in total. The van der Waals surface area contributed by atoms with Gasteiger partial charge in [-0.05, 0) is 17.5 Å². The van der Waals surface area contributed by atoms with Crippen LogP contribution in [0.15, 0.2) is 60.7 Å². The van der Waals surface area contributed by atoms with E-state index in [-0.39, 0.29) is 18.1 Å². The molecule has 0 aromatic heterocycles. The summed E-state index contributed by atoms with van der Waals surface area (Å²) in [5, 5.41) is 0. The van der Waals surface area contributed by atoms with Crippen molar-refractivity contribution < 1.29 is 9.53 Å². The molecule has 0 spiro atoms. The molecule has 0 aliphatic carbocycles. The van der Waals surface area contributed by atoms with Crippen molar-refractivity contribution in [3.63, 3.8) is 0 Å². The summed E-state index contributed by atoms with van der Waals surface area (Å²) >= 11 is 0. The number of rotatable bonds is 5. The van der Waals surface area contributed by atoms with Crippen LogP contribution in [0.5, 0.6) is 0 Å². The summed E-state index contributed by atoms with van der Waals surface area (Å²) in [5.74, 6) is -0.133. The zero-order valence-electron chi connectivity index (χ0n) is 12.1. The van der Waals surface area contributed by atoms with Gasteiger partial charge < -0.3 is 4.74 Å². The molecule has 3 nitrogen and oxygen atoms in total. The summed E-state index contributed by atoms with van der Waals surface area (Å²) in [6.07, 6.45) is 0.882.